The fraction of sp³-hybridized carbons (Fsp3) is 0.364. The van der Waals surface area contributed by atoms with Crippen LogP contribution in [0.1, 0.15) is 17.3 Å². The minimum atomic E-state index is -0.181. The number of likely N-dealkylation sites (N-methyl/N-ethyl adjacent to an activating group) is 1. The average Bonchev–Trinajstić information content (AvgIpc) is 2.24. The second kappa shape index (κ2) is 6.74. The lowest BCUT2D eigenvalue weighted by Crippen LogP contribution is -2.31. The predicted molar refractivity (Wildman–Crippen MR) is 67.3 cm³/mol. The Kier molecular flexibility index (Phi) is 5.60. The molecule has 0 spiro atoms. The van der Waals surface area contributed by atoms with Gasteiger partial charge in [0.05, 0.1) is 10.6 Å². The van der Waals surface area contributed by atoms with Crippen LogP contribution in [0.15, 0.2) is 18.2 Å². The molecule has 1 rings (SSSR count). The summed E-state index contributed by atoms with van der Waals surface area (Å²) in [6.07, 6.45) is 0. The molecule has 1 aromatic carbocycles. The average molecular weight is 261 g/mol. The first-order valence-electron chi connectivity index (χ1n) is 5.09. The van der Waals surface area contributed by atoms with Crippen LogP contribution in [-0.4, -0.2) is 25.5 Å². The van der Waals surface area contributed by atoms with Gasteiger partial charge in [-0.1, -0.05) is 30.1 Å². The highest BCUT2D eigenvalue weighted by Gasteiger charge is 2.09. The molecule has 0 aromatic heterocycles. The maximum Gasteiger partial charge on any atom is 0.252 e. The van der Waals surface area contributed by atoms with Gasteiger partial charge < -0.3 is 10.6 Å². The second-order valence-corrected chi connectivity index (χ2v) is 4.08. The normalized spacial score (nSPS) is 10.2. The molecular formula is C11H14Cl2N2O. The zero-order valence-electron chi connectivity index (χ0n) is 9.02. The second-order valence-electron chi connectivity index (χ2n) is 3.23. The molecule has 0 fully saturated rings. The Hall–Kier alpha value is -0.770. The smallest absolute Gasteiger partial charge is 0.252 e. The van der Waals surface area contributed by atoms with Crippen molar-refractivity contribution in [2.75, 3.05) is 19.6 Å². The Bertz CT molecular complexity index is 369. The summed E-state index contributed by atoms with van der Waals surface area (Å²) in [5.74, 6) is -0.181. The van der Waals surface area contributed by atoms with Crippen LogP contribution in [0, 0.1) is 0 Å². The van der Waals surface area contributed by atoms with Crippen molar-refractivity contribution in [3.05, 3.63) is 33.8 Å². The summed E-state index contributed by atoms with van der Waals surface area (Å²) in [7, 11) is 0. The van der Waals surface area contributed by atoms with E-state index in [1.807, 2.05) is 6.92 Å². The molecule has 0 heterocycles. The number of amides is 1. The Morgan fingerprint density at radius 3 is 2.69 bits per heavy atom. The van der Waals surface area contributed by atoms with Crippen LogP contribution in [0.3, 0.4) is 0 Å². The molecule has 1 aromatic rings. The first kappa shape index (κ1) is 13.3. The van der Waals surface area contributed by atoms with E-state index in [1.165, 1.54) is 0 Å². The quantitative estimate of drug-likeness (QED) is 0.799. The molecule has 3 nitrogen and oxygen atoms in total. The van der Waals surface area contributed by atoms with Crippen molar-refractivity contribution in [1.82, 2.24) is 10.6 Å². The van der Waals surface area contributed by atoms with E-state index in [2.05, 4.69) is 10.6 Å². The van der Waals surface area contributed by atoms with Crippen molar-refractivity contribution in [3.8, 4) is 0 Å². The lowest BCUT2D eigenvalue weighted by molar-refractivity contribution is 0.0954. The van der Waals surface area contributed by atoms with Crippen LogP contribution < -0.4 is 10.6 Å². The highest BCUT2D eigenvalue weighted by Crippen LogP contribution is 2.20. The van der Waals surface area contributed by atoms with Crippen molar-refractivity contribution >= 4 is 29.1 Å². The zero-order valence-corrected chi connectivity index (χ0v) is 10.5. The molecule has 2 N–H and O–H groups in total. The molecule has 0 radical (unpaired) electrons. The number of halogens is 2. The Balaban J connectivity index is 2.53. The van der Waals surface area contributed by atoms with Crippen molar-refractivity contribution in [2.45, 2.75) is 6.92 Å². The van der Waals surface area contributed by atoms with Crippen LogP contribution in [0.5, 0.6) is 0 Å². The van der Waals surface area contributed by atoms with Crippen LogP contribution in [0.2, 0.25) is 10.0 Å². The van der Waals surface area contributed by atoms with E-state index in [0.29, 0.717) is 22.2 Å². The topological polar surface area (TPSA) is 41.1 Å². The van der Waals surface area contributed by atoms with Crippen molar-refractivity contribution in [2.24, 2.45) is 0 Å². The van der Waals surface area contributed by atoms with Gasteiger partial charge in [0.15, 0.2) is 0 Å². The van der Waals surface area contributed by atoms with Gasteiger partial charge in [-0.3, -0.25) is 4.79 Å². The maximum absolute atomic E-state index is 11.7. The molecule has 0 aliphatic carbocycles. The number of hydrogen-bond donors (Lipinski definition) is 2. The fourth-order valence-corrected chi connectivity index (χ4v) is 1.70. The van der Waals surface area contributed by atoms with Crippen molar-refractivity contribution < 1.29 is 4.79 Å². The van der Waals surface area contributed by atoms with E-state index in [0.717, 1.165) is 13.1 Å². The number of rotatable bonds is 5. The molecule has 0 atom stereocenters. The minimum Gasteiger partial charge on any atom is -0.351 e. The van der Waals surface area contributed by atoms with E-state index >= 15 is 0 Å². The van der Waals surface area contributed by atoms with Crippen molar-refractivity contribution in [1.29, 1.82) is 0 Å². The molecule has 16 heavy (non-hydrogen) atoms. The van der Waals surface area contributed by atoms with Gasteiger partial charge in [-0.2, -0.15) is 0 Å². The van der Waals surface area contributed by atoms with Crippen LogP contribution >= 0.6 is 23.2 Å². The summed E-state index contributed by atoms with van der Waals surface area (Å²) in [5, 5.41) is 6.77. The number of nitrogens with one attached hydrogen (secondary N) is 2. The summed E-state index contributed by atoms with van der Waals surface area (Å²) in [5.41, 5.74) is 0.447. The first-order chi connectivity index (χ1) is 7.65. The van der Waals surface area contributed by atoms with Gasteiger partial charge in [-0.05, 0) is 24.7 Å². The summed E-state index contributed by atoms with van der Waals surface area (Å²) in [6, 6.07) is 4.82. The van der Waals surface area contributed by atoms with E-state index in [-0.39, 0.29) is 5.91 Å². The lowest BCUT2D eigenvalue weighted by Gasteiger charge is -2.07. The molecule has 88 valence electrons. The third-order valence-electron chi connectivity index (χ3n) is 2.01. The molecule has 0 unspecified atom stereocenters. The SMILES string of the molecule is CCNCCNC(=O)c1ccc(Cl)cc1Cl. The molecular weight excluding hydrogens is 247 g/mol. The van der Waals surface area contributed by atoms with E-state index in [4.69, 9.17) is 23.2 Å². The Labute approximate surface area is 105 Å². The van der Waals surface area contributed by atoms with Gasteiger partial charge in [0, 0.05) is 18.1 Å². The molecule has 0 aliphatic heterocycles. The number of carbonyl (C=O) groups excluding carboxylic acids is 1. The standard InChI is InChI=1S/C11H14Cl2N2O/c1-2-14-5-6-15-11(16)9-4-3-8(12)7-10(9)13/h3-4,7,14H,2,5-6H2,1H3,(H,15,16). The maximum atomic E-state index is 11.7. The molecule has 1 amide bonds. The highest BCUT2D eigenvalue weighted by molar-refractivity contribution is 6.36. The van der Waals surface area contributed by atoms with Gasteiger partial charge in [0.25, 0.3) is 5.91 Å². The van der Waals surface area contributed by atoms with E-state index < -0.39 is 0 Å². The summed E-state index contributed by atoms with van der Waals surface area (Å²) in [6.45, 7) is 4.22. The summed E-state index contributed by atoms with van der Waals surface area (Å²) in [4.78, 5) is 11.7. The molecule has 5 heteroatoms. The Morgan fingerprint density at radius 1 is 1.31 bits per heavy atom. The van der Waals surface area contributed by atoms with Crippen LogP contribution in [0.25, 0.3) is 0 Å². The number of hydrogen-bond acceptors (Lipinski definition) is 2. The summed E-state index contributed by atoms with van der Waals surface area (Å²) < 4.78 is 0. The number of carbonyl (C=O) groups is 1. The van der Waals surface area contributed by atoms with E-state index in [1.54, 1.807) is 18.2 Å². The largest absolute Gasteiger partial charge is 0.351 e. The highest BCUT2D eigenvalue weighted by atomic mass is 35.5. The van der Waals surface area contributed by atoms with Gasteiger partial charge in [0.1, 0.15) is 0 Å². The third kappa shape index (κ3) is 4.00. The zero-order chi connectivity index (χ0) is 12.0. The van der Waals surface area contributed by atoms with Gasteiger partial charge in [0.2, 0.25) is 0 Å². The minimum absolute atomic E-state index is 0.181. The predicted octanol–water partition coefficient (Wildman–Crippen LogP) is 2.33. The third-order valence-corrected chi connectivity index (χ3v) is 2.56. The summed E-state index contributed by atoms with van der Waals surface area (Å²) >= 11 is 11.6. The monoisotopic (exact) mass is 260 g/mol. The van der Waals surface area contributed by atoms with E-state index in [9.17, 15) is 4.79 Å². The molecule has 0 saturated carbocycles. The van der Waals surface area contributed by atoms with Gasteiger partial charge in [-0.25, -0.2) is 0 Å². The molecule has 0 saturated heterocycles. The molecule has 0 bridgehead atoms. The Morgan fingerprint density at radius 2 is 2.06 bits per heavy atom. The van der Waals surface area contributed by atoms with Crippen molar-refractivity contribution in [3.63, 3.8) is 0 Å². The molecule has 0 aliphatic rings. The van der Waals surface area contributed by atoms with Gasteiger partial charge in [-0.15, -0.1) is 0 Å². The van der Waals surface area contributed by atoms with Crippen LogP contribution in [-0.2, 0) is 0 Å². The van der Waals surface area contributed by atoms with Gasteiger partial charge >= 0.3 is 0 Å². The first-order valence-corrected chi connectivity index (χ1v) is 5.84. The van der Waals surface area contributed by atoms with Crippen LogP contribution in [0.4, 0.5) is 0 Å². The number of benzene rings is 1. The fourth-order valence-electron chi connectivity index (χ4n) is 1.21. The lowest BCUT2D eigenvalue weighted by atomic mass is 10.2.